The summed E-state index contributed by atoms with van der Waals surface area (Å²) in [7, 11) is 0. The van der Waals surface area contributed by atoms with Crippen LogP contribution in [-0.4, -0.2) is 36.6 Å². The fraction of sp³-hybridized carbons (Fsp3) is 1.00. The molecule has 1 aliphatic heterocycles. The fourth-order valence-electron chi connectivity index (χ4n) is 2.86. The molecular formula is C14H28N2. The average Bonchev–Trinajstić information content (AvgIpc) is 3.13. The zero-order valence-electron chi connectivity index (χ0n) is 11.0. The lowest BCUT2D eigenvalue weighted by atomic mass is 10.0. The molecule has 2 fully saturated rings. The number of likely N-dealkylation sites (tertiary alicyclic amines) is 1. The second-order valence-electron chi connectivity index (χ2n) is 5.66. The molecule has 1 saturated heterocycles. The van der Waals surface area contributed by atoms with Gasteiger partial charge in [0.1, 0.15) is 0 Å². The molecule has 1 heterocycles. The molecule has 0 radical (unpaired) electrons. The second-order valence-corrected chi connectivity index (χ2v) is 5.66. The molecule has 0 aromatic carbocycles. The molecule has 0 amide bonds. The average molecular weight is 224 g/mol. The van der Waals surface area contributed by atoms with Gasteiger partial charge in [-0.3, -0.25) is 0 Å². The molecule has 1 saturated carbocycles. The molecular weight excluding hydrogens is 196 g/mol. The number of piperidine rings is 1. The van der Waals surface area contributed by atoms with Gasteiger partial charge in [0, 0.05) is 12.1 Å². The summed E-state index contributed by atoms with van der Waals surface area (Å²) in [5.41, 5.74) is 0. The van der Waals surface area contributed by atoms with Gasteiger partial charge in [-0.15, -0.1) is 0 Å². The maximum Gasteiger partial charge on any atom is 0.00940 e. The van der Waals surface area contributed by atoms with E-state index in [0.29, 0.717) is 0 Å². The van der Waals surface area contributed by atoms with Crippen molar-refractivity contribution >= 4 is 0 Å². The largest absolute Gasteiger partial charge is 0.311 e. The van der Waals surface area contributed by atoms with Crippen LogP contribution in [0.25, 0.3) is 0 Å². The Balaban J connectivity index is 1.67. The van der Waals surface area contributed by atoms with Crippen molar-refractivity contribution in [2.24, 2.45) is 5.92 Å². The predicted octanol–water partition coefficient (Wildman–Crippen LogP) is 2.64. The van der Waals surface area contributed by atoms with E-state index in [9.17, 15) is 0 Å². The third-order valence-electron chi connectivity index (χ3n) is 4.31. The molecule has 0 spiro atoms. The van der Waals surface area contributed by atoms with Gasteiger partial charge in [-0.25, -0.2) is 0 Å². The Morgan fingerprint density at radius 2 is 1.81 bits per heavy atom. The van der Waals surface area contributed by atoms with Crippen LogP contribution in [0.2, 0.25) is 0 Å². The lowest BCUT2D eigenvalue weighted by molar-refractivity contribution is 0.195. The van der Waals surface area contributed by atoms with Crippen molar-refractivity contribution in [2.75, 3.05) is 19.6 Å². The molecule has 0 aromatic heterocycles. The minimum atomic E-state index is 0.797. The molecule has 1 N–H and O–H groups in total. The number of rotatable bonds is 6. The number of hydrogen-bond acceptors (Lipinski definition) is 2. The van der Waals surface area contributed by atoms with Crippen LogP contribution >= 0.6 is 0 Å². The monoisotopic (exact) mass is 224 g/mol. The van der Waals surface area contributed by atoms with Gasteiger partial charge in [0.2, 0.25) is 0 Å². The van der Waals surface area contributed by atoms with Crippen molar-refractivity contribution in [1.82, 2.24) is 10.2 Å². The molecule has 1 atom stereocenters. The molecule has 2 heteroatoms. The van der Waals surface area contributed by atoms with Crippen molar-refractivity contribution in [2.45, 2.75) is 64.5 Å². The third-order valence-corrected chi connectivity index (χ3v) is 4.31. The molecule has 94 valence electrons. The Bertz CT molecular complexity index is 193. The lowest BCUT2D eigenvalue weighted by Crippen LogP contribution is -2.46. The maximum atomic E-state index is 3.89. The second kappa shape index (κ2) is 6.02. The van der Waals surface area contributed by atoms with Crippen LogP contribution < -0.4 is 5.32 Å². The van der Waals surface area contributed by atoms with Gasteiger partial charge in [0.25, 0.3) is 0 Å². The first-order valence-corrected chi connectivity index (χ1v) is 7.30. The molecule has 16 heavy (non-hydrogen) atoms. The standard InChI is InChI=1S/C14H28N2/c1-3-13(11-12-5-6-12)15-14-7-9-16(4-2)10-8-14/h12-15H,3-11H2,1-2H3. The van der Waals surface area contributed by atoms with Gasteiger partial charge in [-0.2, -0.15) is 0 Å². The van der Waals surface area contributed by atoms with Crippen LogP contribution in [0.1, 0.15) is 52.4 Å². The van der Waals surface area contributed by atoms with E-state index in [4.69, 9.17) is 0 Å². The van der Waals surface area contributed by atoms with Crippen LogP contribution in [0.3, 0.4) is 0 Å². The predicted molar refractivity (Wildman–Crippen MR) is 69.7 cm³/mol. The Morgan fingerprint density at radius 1 is 1.12 bits per heavy atom. The SMILES string of the molecule is CCC(CC1CC1)NC1CCN(CC)CC1. The highest BCUT2D eigenvalue weighted by atomic mass is 15.1. The normalized spacial score (nSPS) is 25.9. The highest BCUT2D eigenvalue weighted by molar-refractivity contribution is 4.84. The summed E-state index contributed by atoms with van der Waals surface area (Å²) in [4.78, 5) is 2.57. The molecule has 1 aliphatic carbocycles. The summed E-state index contributed by atoms with van der Waals surface area (Å²) in [6.45, 7) is 8.44. The van der Waals surface area contributed by atoms with E-state index < -0.39 is 0 Å². The Kier molecular flexibility index (Phi) is 4.66. The van der Waals surface area contributed by atoms with Crippen molar-refractivity contribution < 1.29 is 0 Å². The van der Waals surface area contributed by atoms with E-state index >= 15 is 0 Å². The van der Waals surface area contributed by atoms with Crippen LogP contribution in [-0.2, 0) is 0 Å². The number of hydrogen-bond donors (Lipinski definition) is 1. The minimum Gasteiger partial charge on any atom is -0.311 e. The summed E-state index contributed by atoms with van der Waals surface area (Å²) in [6.07, 6.45) is 8.44. The smallest absolute Gasteiger partial charge is 0.00940 e. The van der Waals surface area contributed by atoms with E-state index in [1.54, 1.807) is 0 Å². The molecule has 0 aromatic rings. The van der Waals surface area contributed by atoms with Crippen LogP contribution in [0.15, 0.2) is 0 Å². The topological polar surface area (TPSA) is 15.3 Å². The van der Waals surface area contributed by atoms with E-state index in [2.05, 4.69) is 24.1 Å². The summed E-state index contributed by atoms with van der Waals surface area (Å²) in [6, 6.07) is 1.59. The Hall–Kier alpha value is -0.0800. The van der Waals surface area contributed by atoms with Crippen molar-refractivity contribution in [1.29, 1.82) is 0 Å². The van der Waals surface area contributed by atoms with Crippen LogP contribution in [0, 0.1) is 5.92 Å². The molecule has 2 rings (SSSR count). The van der Waals surface area contributed by atoms with Gasteiger partial charge < -0.3 is 10.2 Å². The summed E-state index contributed by atoms with van der Waals surface area (Å²) < 4.78 is 0. The van der Waals surface area contributed by atoms with Crippen LogP contribution in [0.5, 0.6) is 0 Å². The van der Waals surface area contributed by atoms with E-state index in [-0.39, 0.29) is 0 Å². The van der Waals surface area contributed by atoms with E-state index in [1.165, 1.54) is 58.2 Å². The Labute approximate surface area is 101 Å². The lowest BCUT2D eigenvalue weighted by Gasteiger charge is -2.34. The summed E-state index contributed by atoms with van der Waals surface area (Å²) in [5.74, 6) is 1.06. The first-order valence-electron chi connectivity index (χ1n) is 7.30. The van der Waals surface area contributed by atoms with Gasteiger partial charge >= 0.3 is 0 Å². The highest BCUT2D eigenvalue weighted by Crippen LogP contribution is 2.34. The van der Waals surface area contributed by atoms with Gasteiger partial charge in [0.05, 0.1) is 0 Å². The highest BCUT2D eigenvalue weighted by Gasteiger charge is 2.26. The third kappa shape index (κ3) is 3.74. The zero-order chi connectivity index (χ0) is 11.4. The van der Waals surface area contributed by atoms with Crippen LogP contribution in [0.4, 0.5) is 0 Å². The van der Waals surface area contributed by atoms with E-state index in [1.807, 2.05) is 0 Å². The quantitative estimate of drug-likeness (QED) is 0.746. The van der Waals surface area contributed by atoms with Gasteiger partial charge in [-0.05, 0) is 51.2 Å². The maximum absolute atomic E-state index is 3.89. The summed E-state index contributed by atoms with van der Waals surface area (Å²) in [5, 5.41) is 3.89. The Morgan fingerprint density at radius 3 is 2.31 bits per heavy atom. The number of nitrogens with one attached hydrogen (secondary N) is 1. The van der Waals surface area contributed by atoms with Gasteiger partial charge in [-0.1, -0.05) is 26.7 Å². The van der Waals surface area contributed by atoms with Crippen molar-refractivity contribution in [3.05, 3.63) is 0 Å². The molecule has 1 unspecified atom stereocenters. The first kappa shape index (κ1) is 12.4. The van der Waals surface area contributed by atoms with E-state index in [0.717, 1.165) is 18.0 Å². The van der Waals surface area contributed by atoms with Gasteiger partial charge in [0.15, 0.2) is 0 Å². The fourth-order valence-corrected chi connectivity index (χ4v) is 2.86. The molecule has 0 bridgehead atoms. The summed E-state index contributed by atoms with van der Waals surface area (Å²) >= 11 is 0. The zero-order valence-corrected chi connectivity index (χ0v) is 11.0. The van der Waals surface area contributed by atoms with Crippen molar-refractivity contribution in [3.63, 3.8) is 0 Å². The number of nitrogens with zero attached hydrogens (tertiary/aromatic N) is 1. The minimum absolute atomic E-state index is 0.797. The molecule has 2 nitrogen and oxygen atoms in total. The first-order chi connectivity index (χ1) is 7.81. The van der Waals surface area contributed by atoms with Crippen molar-refractivity contribution in [3.8, 4) is 0 Å². The molecule has 2 aliphatic rings.